The predicted octanol–water partition coefficient (Wildman–Crippen LogP) is 3.30. The number of nitrogens with one attached hydrogen (secondary N) is 1. The van der Waals surface area contributed by atoms with Crippen molar-refractivity contribution in [3.63, 3.8) is 0 Å². The van der Waals surface area contributed by atoms with Crippen LogP contribution in [-0.4, -0.2) is 17.9 Å². The highest BCUT2D eigenvalue weighted by molar-refractivity contribution is 6.07. The molecule has 0 radical (unpaired) electrons. The van der Waals surface area contributed by atoms with Gasteiger partial charge in [0, 0.05) is 29.8 Å². The molecule has 1 heterocycles. The predicted molar refractivity (Wildman–Crippen MR) is 97.4 cm³/mol. The first-order chi connectivity index (χ1) is 12.1. The molecule has 1 atom stereocenters. The maximum Gasteiger partial charge on any atom is 0.258 e. The Hall–Kier alpha value is -2.62. The molecule has 2 amide bonds. The highest BCUT2D eigenvalue weighted by Crippen LogP contribution is 2.34. The molecule has 0 spiro atoms. The highest BCUT2D eigenvalue weighted by Gasteiger charge is 2.32. The van der Waals surface area contributed by atoms with Crippen LogP contribution in [0.25, 0.3) is 0 Å². The monoisotopic (exact) mass is 334 g/mol. The molecule has 128 valence electrons. The van der Waals surface area contributed by atoms with E-state index in [2.05, 4.69) is 24.4 Å². The molecule has 1 saturated carbocycles. The number of fused-ring (bicyclic) bond motifs is 1. The Morgan fingerprint density at radius 1 is 1.12 bits per heavy atom. The first-order valence-electron chi connectivity index (χ1n) is 8.91. The van der Waals surface area contributed by atoms with Crippen LogP contribution in [0.1, 0.15) is 41.3 Å². The molecule has 2 aliphatic rings. The van der Waals surface area contributed by atoms with Crippen LogP contribution in [0.5, 0.6) is 0 Å². The Bertz CT molecular complexity index is 812. The minimum absolute atomic E-state index is 0.0333. The topological polar surface area (TPSA) is 49.4 Å². The first kappa shape index (κ1) is 15.9. The summed E-state index contributed by atoms with van der Waals surface area (Å²) in [5.74, 6) is 0.391. The van der Waals surface area contributed by atoms with Crippen LogP contribution in [-0.2, 0) is 17.8 Å². The van der Waals surface area contributed by atoms with E-state index in [1.807, 2.05) is 41.3 Å². The van der Waals surface area contributed by atoms with Crippen molar-refractivity contribution in [3.8, 4) is 0 Å². The molecule has 0 aromatic heterocycles. The van der Waals surface area contributed by atoms with E-state index in [0.29, 0.717) is 12.1 Å². The average molecular weight is 334 g/mol. The molecular weight excluding hydrogens is 312 g/mol. The Morgan fingerprint density at radius 2 is 1.88 bits per heavy atom. The molecule has 4 nitrogen and oxygen atoms in total. The molecule has 2 aromatic rings. The smallest absolute Gasteiger partial charge is 0.258 e. The van der Waals surface area contributed by atoms with Gasteiger partial charge in [-0.15, -0.1) is 0 Å². The summed E-state index contributed by atoms with van der Waals surface area (Å²) in [7, 11) is 0. The number of hydrogen-bond acceptors (Lipinski definition) is 2. The second kappa shape index (κ2) is 6.36. The van der Waals surface area contributed by atoms with Gasteiger partial charge >= 0.3 is 0 Å². The molecule has 1 N–H and O–H groups in total. The van der Waals surface area contributed by atoms with E-state index in [1.54, 1.807) is 0 Å². The van der Waals surface area contributed by atoms with Gasteiger partial charge in [0.25, 0.3) is 5.91 Å². The molecule has 0 bridgehead atoms. The van der Waals surface area contributed by atoms with Crippen LogP contribution in [0.3, 0.4) is 0 Å². The van der Waals surface area contributed by atoms with Crippen LogP contribution in [0.4, 0.5) is 5.69 Å². The van der Waals surface area contributed by atoms with Crippen LogP contribution < -0.4 is 10.2 Å². The fourth-order valence-electron chi connectivity index (χ4n) is 3.47. The molecule has 0 saturated heterocycles. The van der Waals surface area contributed by atoms with Gasteiger partial charge < -0.3 is 10.2 Å². The molecule has 1 fully saturated rings. The minimum atomic E-state index is 0.0333. The summed E-state index contributed by atoms with van der Waals surface area (Å²) in [4.78, 5) is 26.7. The van der Waals surface area contributed by atoms with E-state index >= 15 is 0 Å². The van der Waals surface area contributed by atoms with E-state index in [4.69, 9.17) is 0 Å². The third kappa shape index (κ3) is 3.16. The zero-order valence-corrected chi connectivity index (χ0v) is 14.4. The second-order valence-corrected chi connectivity index (χ2v) is 7.05. The van der Waals surface area contributed by atoms with Crippen molar-refractivity contribution in [1.82, 2.24) is 5.32 Å². The standard InChI is InChI=1S/C21H22N2O2/c1-14-11-18-8-7-15(13-22-20(24)16-9-10-16)12-19(18)23(14)21(25)17-5-3-2-4-6-17/h2-8,12,14,16H,9-11,13H2,1H3,(H,22,24). The fraction of sp³-hybridized carbons (Fsp3) is 0.333. The van der Waals surface area contributed by atoms with E-state index < -0.39 is 0 Å². The lowest BCUT2D eigenvalue weighted by atomic mass is 10.1. The Morgan fingerprint density at radius 3 is 2.60 bits per heavy atom. The van der Waals surface area contributed by atoms with Gasteiger partial charge in [0.15, 0.2) is 0 Å². The molecule has 1 aliphatic heterocycles. The Kier molecular flexibility index (Phi) is 4.04. The SMILES string of the molecule is CC1Cc2ccc(CNC(=O)C3CC3)cc2N1C(=O)c1ccccc1. The number of nitrogens with zero attached hydrogens (tertiary/aromatic N) is 1. The lowest BCUT2D eigenvalue weighted by molar-refractivity contribution is -0.122. The molecule has 4 rings (SSSR count). The lowest BCUT2D eigenvalue weighted by Gasteiger charge is -2.23. The lowest BCUT2D eigenvalue weighted by Crippen LogP contribution is -2.35. The summed E-state index contributed by atoms with van der Waals surface area (Å²) in [6.45, 7) is 2.60. The fourth-order valence-corrected chi connectivity index (χ4v) is 3.47. The van der Waals surface area contributed by atoms with E-state index in [9.17, 15) is 9.59 Å². The van der Waals surface area contributed by atoms with E-state index in [0.717, 1.165) is 30.5 Å². The zero-order chi connectivity index (χ0) is 17.4. The molecule has 25 heavy (non-hydrogen) atoms. The van der Waals surface area contributed by atoms with Gasteiger partial charge in [0.2, 0.25) is 5.91 Å². The normalized spacial score (nSPS) is 18.8. The van der Waals surface area contributed by atoms with Gasteiger partial charge in [-0.1, -0.05) is 30.3 Å². The van der Waals surface area contributed by atoms with Crippen molar-refractivity contribution in [3.05, 3.63) is 65.2 Å². The van der Waals surface area contributed by atoms with Crippen molar-refractivity contribution >= 4 is 17.5 Å². The van der Waals surface area contributed by atoms with Crippen molar-refractivity contribution in [2.45, 2.75) is 38.8 Å². The summed E-state index contributed by atoms with van der Waals surface area (Å²) in [5.41, 5.74) is 3.90. The molecular formula is C21H22N2O2. The quantitative estimate of drug-likeness (QED) is 0.932. The summed E-state index contributed by atoms with van der Waals surface area (Å²) in [5, 5.41) is 3.00. The van der Waals surface area contributed by atoms with Crippen molar-refractivity contribution in [2.24, 2.45) is 5.92 Å². The summed E-state index contributed by atoms with van der Waals surface area (Å²) in [6, 6.07) is 15.7. The van der Waals surface area contributed by atoms with Crippen LogP contribution in [0.15, 0.2) is 48.5 Å². The van der Waals surface area contributed by atoms with Gasteiger partial charge in [-0.3, -0.25) is 9.59 Å². The number of amides is 2. The van der Waals surface area contributed by atoms with Crippen LogP contribution in [0, 0.1) is 5.92 Å². The van der Waals surface area contributed by atoms with Gasteiger partial charge in [-0.05, 0) is 55.5 Å². The number of carbonyl (C=O) groups excluding carboxylic acids is 2. The number of anilines is 1. The molecule has 4 heteroatoms. The third-order valence-electron chi connectivity index (χ3n) is 5.02. The van der Waals surface area contributed by atoms with Crippen LogP contribution in [0.2, 0.25) is 0 Å². The van der Waals surface area contributed by atoms with Gasteiger partial charge in [-0.2, -0.15) is 0 Å². The van der Waals surface area contributed by atoms with Gasteiger partial charge in [0.05, 0.1) is 0 Å². The van der Waals surface area contributed by atoms with Gasteiger partial charge in [-0.25, -0.2) is 0 Å². The summed E-state index contributed by atoms with van der Waals surface area (Å²) >= 11 is 0. The average Bonchev–Trinajstić information content (AvgIpc) is 3.42. The second-order valence-electron chi connectivity index (χ2n) is 7.05. The molecule has 1 unspecified atom stereocenters. The Labute approximate surface area is 147 Å². The van der Waals surface area contributed by atoms with Crippen LogP contribution >= 0.6 is 0 Å². The number of benzene rings is 2. The molecule has 2 aromatic carbocycles. The summed E-state index contributed by atoms with van der Waals surface area (Å²) in [6.07, 6.45) is 2.88. The first-order valence-corrected chi connectivity index (χ1v) is 8.91. The summed E-state index contributed by atoms with van der Waals surface area (Å²) < 4.78 is 0. The minimum Gasteiger partial charge on any atom is -0.352 e. The zero-order valence-electron chi connectivity index (χ0n) is 14.4. The number of carbonyl (C=O) groups is 2. The largest absolute Gasteiger partial charge is 0.352 e. The van der Waals surface area contributed by atoms with E-state index in [-0.39, 0.29) is 23.8 Å². The van der Waals surface area contributed by atoms with Crippen molar-refractivity contribution < 1.29 is 9.59 Å². The van der Waals surface area contributed by atoms with Crippen molar-refractivity contribution in [1.29, 1.82) is 0 Å². The highest BCUT2D eigenvalue weighted by atomic mass is 16.2. The number of rotatable bonds is 4. The third-order valence-corrected chi connectivity index (χ3v) is 5.02. The Balaban J connectivity index is 1.56. The maximum absolute atomic E-state index is 13.0. The van der Waals surface area contributed by atoms with Crippen molar-refractivity contribution in [2.75, 3.05) is 4.90 Å². The number of hydrogen-bond donors (Lipinski definition) is 1. The molecule has 1 aliphatic carbocycles. The maximum atomic E-state index is 13.0. The van der Waals surface area contributed by atoms with Gasteiger partial charge in [0.1, 0.15) is 0 Å². The van der Waals surface area contributed by atoms with E-state index in [1.165, 1.54) is 5.56 Å².